The molecule has 82 heavy (non-hydrogen) atoms. The Balaban J connectivity index is 1.61. The lowest BCUT2D eigenvalue weighted by Crippen LogP contribution is -2.65. The molecule has 0 aromatic carbocycles. The van der Waals surface area contributed by atoms with Gasteiger partial charge in [-0.15, -0.1) is 0 Å². The van der Waals surface area contributed by atoms with Gasteiger partial charge in [0.05, 0.1) is 32.0 Å². The zero-order chi connectivity index (χ0) is 59.5. The number of aliphatic hydroxyl groups excluding tert-OH is 8. The molecule has 14 heteroatoms. The molecule has 0 spiro atoms. The van der Waals surface area contributed by atoms with Gasteiger partial charge in [0.25, 0.3) is 0 Å². The van der Waals surface area contributed by atoms with Gasteiger partial charge >= 0.3 is 0 Å². The summed E-state index contributed by atoms with van der Waals surface area (Å²) in [5.41, 5.74) is 0. The standard InChI is InChI=1S/C68H131NO13/c1-3-5-7-9-11-13-15-17-19-20-21-22-23-24-25-26-27-28-29-30-31-32-33-34-35-36-38-40-42-44-46-48-50-52-60(73)69-56(57(72)51-49-47-45-43-41-39-37-18-16-14-12-10-8-6-4-2)55-79-67-65(78)63(76)66(59(54-71)81-67)82-68-64(77)62(75)61(74)58(53-70)80-68/h49,51,56-59,61-68,70-72,74-78H,3-48,50,52-55H2,1-2H3,(H,69,73)/b51-49+/t56-,57+,58+,59+,61-,62?,63?,64?,65?,66+,67+,68-/m0/s1. The van der Waals surface area contributed by atoms with Crippen LogP contribution in [0, 0.1) is 0 Å². The minimum atomic E-state index is -1.79. The molecule has 12 atom stereocenters. The van der Waals surface area contributed by atoms with Gasteiger partial charge in [-0.25, -0.2) is 0 Å². The van der Waals surface area contributed by atoms with Crippen LogP contribution >= 0.6 is 0 Å². The quantitative estimate of drug-likeness (QED) is 0.0204. The predicted octanol–water partition coefficient (Wildman–Crippen LogP) is 13.8. The van der Waals surface area contributed by atoms with E-state index < -0.39 is 86.8 Å². The van der Waals surface area contributed by atoms with Gasteiger partial charge in [-0.3, -0.25) is 4.79 Å². The first kappa shape index (κ1) is 76.8. The molecule has 2 aliphatic rings. The molecule has 0 radical (unpaired) electrons. The number of ether oxygens (including phenoxy) is 4. The number of rotatable bonds is 58. The van der Waals surface area contributed by atoms with E-state index in [1.54, 1.807) is 6.08 Å². The highest BCUT2D eigenvalue weighted by molar-refractivity contribution is 5.76. The fourth-order valence-corrected chi connectivity index (χ4v) is 11.9. The number of aliphatic hydroxyl groups is 8. The SMILES string of the molecule is CCCCCCCCCCCCCCC/C=C/[C@@H](O)[C@H](CO[C@@H]1O[C@H](CO)[C@@H](O[C@@H]2O[C@H](CO)[C@H](O)C(O)C2O)C(O)C1O)NC(=O)CCCCCCCCCCCCCCCCCCCCCCCCCCCCCCCCCCC. The third-order valence-corrected chi connectivity index (χ3v) is 17.5. The maximum Gasteiger partial charge on any atom is 0.220 e. The van der Waals surface area contributed by atoms with Crippen molar-refractivity contribution in [1.82, 2.24) is 5.32 Å². The van der Waals surface area contributed by atoms with Gasteiger partial charge in [-0.2, -0.15) is 0 Å². The molecule has 2 rings (SSSR count). The minimum absolute atomic E-state index is 0.232. The average Bonchev–Trinajstić information content (AvgIpc) is 3.67. The van der Waals surface area contributed by atoms with Gasteiger partial charge in [0, 0.05) is 6.42 Å². The van der Waals surface area contributed by atoms with Crippen LogP contribution in [0.25, 0.3) is 0 Å². The van der Waals surface area contributed by atoms with Gasteiger partial charge in [-0.1, -0.05) is 309 Å². The third-order valence-electron chi connectivity index (χ3n) is 17.5. The van der Waals surface area contributed by atoms with Gasteiger partial charge < -0.3 is 65.1 Å². The lowest BCUT2D eigenvalue weighted by atomic mass is 9.97. The van der Waals surface area contributed by atoms with Gasteiger partial charge in [0.15, 0.2) is 12.6 Å². The first-order valence-corrected chi connectivity index (χ1v) is 34.9. The summed E-state index contributed by atoms with van der Waals surface area (Å²) in [5, 5.41) is 87.3. The molecule has 4 unspecified atom stereocenters. The Labute approximate surface area is 501 Å². The van der Waals surface area contributed by atoms with Gasteiger partial charge in [0.2, 0.25) is 5.91 Å². The highest BCUT2D eigenvalue weighted by Crippen LogP contribution is 2.30. The van der Waals surface area contributed by atoms with Crippen molar-refractivity contribution in [1.29, 1.82) is 0 Å². The molecule has 9 N–H and O–H groups in total. The Morgan fingerprint density at radius 1 is 0.427 bits per heavy atom. The van der Waals surface area contributed by atoms with Crippen molar-refractivity contribution in [2.45, 2.75) is 396 Å². The number of allylic oxidation sites excluding steroid dienone is 1. The van der Waals surface area contributed by atoms with Crippen LogP contribution in [0.5, 0.6) is 0 Å². The first-order valence-electron chi connectivity index (χ1n) is 34.9. The molecule has 486 valence electrons. The van der Waals surface area contributed by atoms with E-state index in [0.29, 0.717) is 6.42 Å². The van der Waals surface area contributed by atoms with Crippen LogP contribution in [-0.2, 0) is 23.7 Å². The zero-order valence-electron chi connectivity index (χ0n) is 52.8. The molecule has 0 aromatic heterocycles. The molecule has 1 amide bonds. The molecule has 0 saturated carbocycles. The molecule has 2 aliphatic heterocycles. The summed E-state index contributed by atoms with van der Waals surface area (Å²) in [6.07, 6.45) is 48.6. The topological polar surface area (TPSA) is 228 Å². The van der Waals surface area contributed by atoms with E-state index in [1.165, 1.54) is 257 Å². The maximum absolute atomic E-state index is 13.3. The van der Waals surface area contributed by atoms with Crippen LogP contribution < -0.4 is 5.32 Å². The number of hydrogen-bond acceptors (Lipinski definition) is 13. The van der Waals surface area contributed by atoms with E-state index in [9.17, 15) is 45.6 Å². The summed E-state index contributed by atoms with van der Waals surface area (Å²) in [5.74, 6) is -0.232. The van der Waals surface area contributed by atoms with Gasteiger partial charge in [0.1, 0.15) is 48.8 Å². The first-order chi connectivity index (χ1) is 40.1. The Morgan fingerprint density at radius 2 is 0.756 bits per heavy atom. The second-order valence-electron chi connectivity index (χ2n) is 25.0. The normalized spacial score (nSPS) is 23.9. The molecule has 2 saturated heterocycles. The van der Waals surface area contributed by atoms with Crippen molar-refractivity contribution in [3.8, 4) is 0 Å². The smallest absolute Gasteiger partial charge is 0.220 e. The molecule has 0 aliphatic carbocycles. The molecule has 14 nitrogen and oxygen atoms in total. The molecule has 0 bridgehead atoms. The Hall–Kier alpha value is -1.27. The monoisotopic (exact) mass is 1170 g/mol. The number of unbranched alkanes of at least 4 members (excludes halogenated alkanes) is 45. The number of amides is 1. The number of carbonyl (C=O) groups excluding carboxylic acids is 1. The molecule has 2 heterocycles. The average molecular weight is 1170 g/mol. The van der Waals surface area contributed by atoms with Crippen LogP contribution in [0.1, 0.15) is 322 Å². The highest BCUT2D eigenvalue weighted by Gasteiger charge is 2.51. The summed E-state index contributed by atoms with van der Waals surface area (Å²) in [6, 6.07) is -0.910. The van der Waals surface area contributed by atoms with Crippen LogP contribution in [0.3, 0.4) is 0 Å². The summed E-state index contributed by atoms with van der Waals surface area (Å²) < 4.78 is 22.8. The Kier molecular flexibility index (Phi) is 50.5. The van der Waals surface area contributed by atoms with Crippen molar-refractivity contribution in [3.05, 3.63) is 12.2 Å². The Bertz CT molecular complexity index is 1420. The summed E-state index contributed by atoms with van der Waals surface area (Å²) in [7, 11) is 0. The van der Waals surface area contributed by atoms with E-state index in [1.807, 2.05) is 6.08 Å². The second-order valence-corrected chi connectivity index (χ2v) is 25.0. The summed E-state index contributed by atoms with van der Waals surface area (Å²) in [6.45, 7) is 2.84. The lowest BCUT2D eigenvalue weighted by molar-refractivity contribution is -0.359. The van der Waals surface area contributed by atoms with Crippen LogP contribution in [0.2, 0.25) is 0 Å². The molecular weight excluding hydrogens is 1040 g/mol. The zero-order valence-corrected chi connectivity index (χ0v) is 52.8. The minimum Gasteiger partial charge on any atom is -0.394 e. The van der Waals surface area contributed by atoms with E-state index >= 15 is 0 Å². The second kappa shape index (κ2) is 53.9. The largest absolute Gasteiger partial charge is 0.394 e. The highest BCUT2D eigenvalue weighted by atomic mass is 16.7. The van der Waals surface area contributed by atoms with Crippen molar-refractivity contribution >= 4 is 5.91 Å². The molecular formula is C68H131NO13. The summed E-state index contributed by atoms with van der Waals surface area (Å²) in [4.78, 5) is 13.3. The fourth-order valence-electron chi connectivity index (χ4n) is 11.9. The lowest BCUT2D eigenvalue weighted by Gasteiger charge is -2.46. The van der Waals surface area contributed by atoms with Crippen LogP contribution in [0.4, 0.5) is 0 Å². The van der Waals surface area contributed by atoms with Crippen molar-refractivity contribution in [2.75, 3.05) is 19.8 Å². The number of nitrogens with one attached hydrogen (secondary N) is 1. The van der Waals surface area contributed by atoms with Gasteiger partial charge in [-0.05, 0) is 19.3 Å². The van der Waals surface area contributed by atoms with E-state index in [4.69, 9.17) is 18.9 Å². The van der Waals surface area contributed by atoms with E-state index in [2.05, 4.69) is 19.2 Å². The van der Waals surface area contributed by atoms with E-state index in [0.717, 1.165) is 38.5 Å². The summed E-state index contributed by atoms with van der Waals surface area (Å²) >= 11 is 0. The van der Waals surface area contributed by atoms with Crippen LogP contribution in [0.15, 0.2) is 12.2 Å². The predicted molar refractivity (Wildman–Crippen MR) is 332 cm³/mol. The van der Waals surface area contributed by atoms with Crippen LogP contribution in [-0.4, -0.2) is 140 Å². The molecule has 2 fully saturated rings. The van der Waals surface area contributed by atoms with Crippen molar-refractivity contribution < 1.29 is 64.6 Å². The molecule has 0 aromatic rings. The number of hydrogen-bond donors (Lipinski definition) is 9. The third kappa shape index (κ3) is 38.1. The fraction of sp³-hybridized carbons (Fsp3) is 0.956. The van der Waals surface area contributed by atoms with Crippen molar-refractivity contribution in [3.63, 3.8) is 0 Å². The Morgan fingerprint density at radius 3 is 1.12 bits per heavy atom. The maximum atomic E-state index is 13.3. The van der Waals surface area contributed by atoms with Crippen molar-refractivity contribution in [2.24, 2.45) is 0 Å². The van der Waals surface area contributed by atoms with E-state index in [-0.39, 0.29) is 18.9 Å². The number of carbonyl (C=O) groups is 1.